The third-order valence-electron chi connectivity index (χ3n) is 3.87. The second kappa shape index (κ2) is 7.00. The highest BCUT2D eigenvalue weighted by molar-refractivity contribution is 6.06. The van der Waals surface area contributed by atoms with Crippen molar-refractivity contribution in [2.45, 2.75) is 0 Å². The van der Waals surface area contributed by atoms with Crippen molar-refractivity contribution in [1.82, 2.24) is 9.78 Å². The van der Waals surface area contributed by atoms with Crippen LogP contribution >= 0.6 is 0 Å². The van der Waals surface area contributed by atoms with Crippen LogP contribution in [0.25, 0.3) is 0 Å². The number of hydrogen-bond acceptors (Lipinski definition) is 3. The molecule has 6 nitrogen and oxygen atoms in total. The average Bonchev–Trinajstić information content (AvgIpc) is 3.08. The lowest BCUT2D eigenvalue weighted by atomic mass is 10.1. The van der Waals surface area contributed by atoms with E-state index >= 15 is 0 Å². The van der Waals surface area contributed by atoms with E-state index in [1.54, 1.807) is 67.4 Å². The molecule has 0 aliphatic carbocycles. The summed E-state index contributed by atoms with van der Waals surface area (Å²) in [6.07, 6.45) is 1.64. The number of nitrogens with zero attached hydrogens (tertiary/aromatic N) is 3. The normalized spacial score (nSPS) is 10.3. The lowest BCUT2D eigenvalue weighted by Crippen LogP contribution is -2.28. The van der Waals surface area contributed by atoms with Gasteiger partial charge in [0, 0.05) is 37.0 Å². The molecule has 0 spiro atoms. The largest absolute Gasteiger partial charge is 0.322 e. The molecule has 126 valence electrons. The molecular formula is C19H18N4O2. The molecule has 0 saturated heterocycles. The minimum absolute atomic E-state index is 0.149. The molecule has 0 radical (unpaired) electrons. The van der Waals surface area contributed by atoms with Crippen LogP contribution in [0.1, 0.15) is 20.7 Å². The SMILES string of the molecule is CN(C(=O)c1ccc(NC(=O)c2ccccc2)cc1)c1ccnn1C. The molecule has 3 rings (SSSR count). The molecule has 1 heterocycles. The van der Waals surface area contributed by atoms with Gasteiger partial charge in [0.1, 0.15) is 5.82 Å². The standard InChI is InChI=1S/C19H18N4O2/c1-22(17-12-13-20-23(17)2)19(25)15-8-10-16(11-9-15)21-18(24)14-6-4-3-5-7-14/h3-13H,1-2H3,(H,21,24). The highest BCUT2D eigenvalue weighted by atomic mass is 16.2. The van der Waals surface area contributed by atoms with E-state index < -0.39 is 0 Å². The monoisotopic (exact) mass is 334 g/mol. The van der Waals surface area contributed by atoms with E-state index in [0.29, 0.717) is 22.6 Å². The van der Waals surface area contributed by atoms with Crippen LogP contribution < -0.4 is 10.2 Å². The lowest BCUT2D eigenvalue weighted by Gasteiger charge is -2.17. The lowest BCUT2D eigenvalue weighted by molar-refractivity contribution is 0.0990. The Bertz CT molecular complexity index is 885. The number of aromatic nitrogens is 2. The van der Waals surface area contributed by atoms with E-state index in [9.17, 15) is 9.59 Å². The van der Waals surface area contributed by atoms with Gasteiger partial charge in [-0.05, 0) is 36.4 Å². The van der Waals surface area contributed by atoms with Crippen LogP contribution in [0.15, 0.2) is 66.9 Å². The first-order valence-electron chi connectivity index (χ1n) is 7.79. The number of carbonyl (C=O) groups excluding carboxylic acids is 2. The molecule has 0 fully saturated rings. The Kier molecular flexibility index (Phi) is 4.61. The number of anilines is 2. The topological polar surface area (TPSA) is 67.2 Å². The molecule has 2 aromatic carbocycles. The number of carbonyl (C=O) groups is 2. The van der Waals surface area contributed by atoms with Gasteiger partial charge in [-0.25, -0.2) is 0 Å². The Morgan fingerprint density at radius 3 is 2.24 bits per heavy atom. The van der Waals surface area contributed by atoms with Crippen LogP contribution in [0.3, 0.4) is 0 Å². The second-order valence-electron chi connectivity index (χ2n) is 5.57. The Morgan fingerprint density at radius 1 is 0.960 bits per heavy atom. The van der Waals surface area contributed by atoms with Crippen LogP contribution in [0.5, 0.6) is 0 Å². The number of rotatable bonds is 4. The molecule has 0 aliphatic heterocycles. The summed E-state index contributed by atoms with van der Waals surface area (Å²) in [7, 11) is 3.48. The van der Waals surface area contributed by atoms with Gasteiger partial charge in [0.15, 0.2) is 0 Å². The molecule has 0 bridgehead atoms. The molecule has 0 saturated carbocycles. The van der Waals surface area contributed by atoms with Crippen molar-refractivity contribution in [3.8, 4) is 0 Å². The van der Waals surface area contributed by atoms with Gasteiger partial charge in [-0.3, -0.25) is 19.2 Å². The second-order valence-corrected chi connectivity index (χ2v) is 5.57. The first kappa shape index (κ1) is 16.4. The van der Waals surface area contributed by atoms with Crippen molar-refractivity contribution in [3.05, 3.63) is 78.0 Å². The fourth-order valence-electron chi connectivity index (χ4n) is 2.48. The molecule has 25 heavy (non-hydrogen) atoms. The molecule has 6 heteroatoms. The van der Waals surface area contributed by atoms with Crippen LogP contribution in [0.4, 0.5) is 11.5 Å². The summed E-state index contributed by atoms with van der Waals surface area (Å²) in [4.78, 5) is 26.2. The Balaban J connectivity index is 1.71. The zero-order valence-electron chi connectivity index (χ0n) is 14.0. The molecule has 1 N–H and O–H groups in total. The Morgan fingerprint density at radius 2 is 1.64 bits per heavy atom. The first-order chi connectivity index (χ1) is 12.1. The van der Waals surface area contributed by atoms with Gasteiger partial charge >= 0.3 is 0 Å². The van der Waals surface area contributed by atoms with E-state index in [0.717, 1.165) is 0 Å². The molecule has 1 aromatic heterocycles. The zero-order chi connectivity index (χ0) is 17.8. The maximum Gasteiger partial charge on any atom is 0.259 e. The molecule has 2 amide bonds. The summed E-state index contributed by atoms with van der Waals surface area (Å²) in [5.41, 5.74) is 1.74. The molecular weight excluding hydrogens is 316 g/mol. The van der Waals surface area contributed by atoms with E-state index in [-0.39, 0.29) is 11.8 Å². The van der Waals surface area contributed by atoms with Crippen molar-refractivity contribution < 1.29 is 9.59 Å². The average molecular weight is 334 g/mol. The van der Waals surface area contributed by atoms with E-state index in [1.165, 1.54) is 4.90 Å². The van der Waals surface area contributed by atoms with Crippen LogP contribution in [0, 0.1) is 0 Å². The van der Waals surface area contributed by atoms with Gasteiger partial charge in [-0.15, -0.1) is 0 Å². The summed E-state index contributed by atoms with van der Waals surface area (Å²) in [5, 5.41) is 6.88. The minimum atomic E-state index is -0.188. The fourth-order valence-corrected chi connectivity index (χ4v) is 2.48. The van der Waals surface area contributed by atoms with Crippen molar-refractivity contribution in [3.63, 3.8) is 0 Å². The zero-order valence-corrected chi connectivity index (χ0v) is 14.0. The van der Waals surface area contributed by atoms with Gasteiger partial charge in [0.25, 0.3) is 11.8 Å². The predicted octanol–water partition coefficient (Wildman–Crippen LogP) is 2.95. The highest BCUT2D eigenvalue weighted by Gasteiger charge is 2.16. The van der Waals surface area contributed by atoms with Crippen LogP contribution in [-0.2, 0) is 7.05 Å². The number of nitrogens with one attached hydrogen (secondary N) is 1. The van der Waals surface area contributed by atoms with Crippen molar-refractivity contribution in [2.24, 2.45) is 7.05 Å². The summed E-state index contributed by atoms with van der Waals surface area (Å²) in [5.74, 6) is 0.364. The molecule has 0 atom stereocenters. The smallest absolute Gasteiger partial charge is 0.259 e. The van der Waals surface area contributed by atoms with Crippen molar-refractivity contribution in [1.29, 1.82) is 0 Å². The van der Waals surface area contributed by atoms with E-state index in [4.69, 9.17) is 0 Å². The molecule has 0 unspecified atom stereocenters. The Hall–Kier alpha value is -3.41. The van der Waals surface area contributed by atoms with E-state index in [2.05, 4.69) is 10.4 Å². The van der Waals surface area contributed by atoms with Crippen LogP contribution in [-0.4, -0.2) is 28.6 Å². The number of benzene rings is 2. The maximum atomic E-state index is 12.5. The van der Waals surface area contributed by atoms with Crippen molar-refractivity contribution >= 4 is 23.3 Å². The van der Waals surface area contributed by atoms with Gasteiger partial charge < -0.3 is 5.32 Å². The number of amides is 2. The predicted molar refractivity (Wildman–Crippen MR) is 96.8 cm³/mol. The molecule has 3 aromatic rings. The quantitative estimate of drug-likeness (QED) is 0.798. The minimum Gasteiger partial charge on any atom is -0.322 e. The van der Waals surface area contributed by atoms with Gasteiger partial charge in [0.05, 0.1) is 6.20 Å². The summed E-state index contributed by atoms with van der Waals surface area (Å²) in [6, 6.07) is 17.5. The van der Waals surface area contributed by atoms with Crippen molar-refractivity contribution in [2.75, 3.05) is 17.3 Å². The molecule has 0 aliphatic rings. The highest BCUT2D eigenvalue weighted by Crippen LogP contribution is 2.16. The van der Waals surface area contributed by atoms with Gasteiger partial charge in [-0.2, -0.15) is 5.10 Å². The van der Waals surface area contributed by atoms with Gasteiger partial charge in [-0.1, -0.05) is 18.2 Å². The summed E-state index contributed by atoms with van der Waals surface area (Å²) < 4.78 is 1.63. The van der Waals surface area contributed by atoms with Gasteiger partial charge in [0.2, 0.25) is 0 Å². The van der Waals surface area contributed by atoms with E-state index in [1.807, 2.05) is 18.2 Å². The van der Waals surface area contributed by atoms with Crippen LogP contribution in [0.2, 0.25) is 0 Å². The summed E-state index contributed by atoms with van der Waals surface area (Å²) in [6.45, 7) is 0. The third kappa shape index (κ3) is 3.58. The maximum absolute atomic E-state index is 12.5. The summed E-state index contributed by atoms with van der Waals surface area (Å²) >= 11 is 0. The Labute approximate surface area is 145 Å². The third-order valence-corrected chi connectivity index (χ3v) is 3.87. The number of hydrogen-bond donors (Lipinski definition) is 1. The number of aryl methyl sites for hydroxylation is 1. The fraction of sp³-hybridized carbons (Fsp3) is 0.105. The first-order valence-corrected chi connectivity index (χ1v) is 7.79.